The quantitative estimate of drug-likeness (QED) is 0.863. The Bertz CT molecular complexity index is 495. The monoisotopic (exact) mass is 292 g/mol. The number of carbonyl (C=O) groups excluding carboxylic acids is 1. The van der Waals surface area contributed by atoms with E-state index in [2.05, 4.69) is 5.32 Å². The molecule has 1 heterocycles. The van der Waals surface area contributed by atoms with Crippen LogP contribution in [-0.2, 0) is 11.3 Å². The fourth-order valence-electron chi connectivity index (χ4n) is 2.21. The first-order valence-electron chi connectivity index (χ1n) is 6.95. The van der Waals surface area contributed by atoms with Crippen LogP contribution >= 0.6 is 0 Å². The third kappa shape index (κ3) is 4.46. The second-order valence-corrected chi connectivity index (χ2v) is 5.27. The van der Waals surface area contributed by atoms with E-state index in [4.69, 9.17) is 9.84 Å². The zero-order valence-corrected chi connectivity index (χ0v) is 12.0. The number of ether oxygens (including phenoxy) is 1. The molecule has 21 heavy (non-hydrogen) atoms. The van der Waals surface area contributed by atoms with Gasteiger partial charge < -0.3 is 20.1 Å². The minimum Gasteiger partial charge on any atom is -0.478 e. The van der Waals surface area contributed by atoms with Crippen LogP contribution < -0.4 is 5.32 Å². The van der Waals surface area contributed by atoms with Gasteiger partial charge in [-0.1, -0.05) is 12.1 Å². The number of urea groups is 1. The van der Waals surface area contributed by atoms with E-state index in [1.807, 2.05) is 0 Å². The molecule has 1 aliphatic rings. The van der Waals surface area contributed by atoms with Crippen LogP contribution in [0.25, 0.3) is 0 Å². The van der Waals surface area contributed by atoms with E-state index in [1.54, 1.807) is 36.2 Å². The summed E-state index contributed by atoms with van der Waals surface area (Å²) in [5.41, 5.74) is 1.13. The lowest BCUT2D eigenvalue weighted by atomic mass is 10.1. The van der Waals surface area contributed by atoms with Gasteiger partial charge in [0.05, 0.1) is 12.2 Å². The van der Waals surface area contributed by atoms with E-state index in [0.29, 0.717) is 25.6 Å². The van der Waals surface area contributed by atoms with E-state index in [1.165, 1.54) is 0 Å². The highest BCUT2D eigenvalue weighted by Gasteiger charge is 2.17. The predicted octanol–water partition coefficient (Wildman–Crippen LogP) is 1.56. The Labute approximate surface area is 123 Å². The molecule has 1 aliphatic heterocycles. The van der Waals surface area contributed by atoms with Gasteiger partial charge in [-0.25, -0.2) is 9.59 Å². The topological polar surface area (TPSA) is 78.9 Å². The van der Waals surface area contributed by atoms with Crippen LogP contribution in [0.3, 0.4) is 0 Å². The Morgan fingerprint density at radius 2 is 2.10 bits per heavy atom. The maximum absolute atomic E-state index is 12.0. The molecule has 0 aromatic heterocycles. The van der Waals surface area contributed by atoms with Crippen molar-refractivity contribution in [2.75, 3.05) is 26.8 Å². The molecule has 6 heteroatoms. The summed E-state index contributed by atoms with van der Waals surface area (Å²) in [5, 5.41) is 11.7. The minimum atomic E-state index is -0.952. The third-order valence-electron chi connectivity index (χ3n) is 3.53. The van der Waals surface area contributed by atoms with Gasteiger partial charge in [-0.3, -0.25) is 0 Å². The maximum atomic E-state index is 12.0. The molecule has 114 valence electrons. The summed E-state index contributed by atoms with van der Waals surface area (Å²) in [6.45, 7) is 2.54. The van der Waals surface area contributed by atoms with Crippen LogP contribution in [0, 0.1) is 5.92 Å². The molecule has 2 rings (SSSR count). The molecule has 0 saturated carbocycles. The van der Waals surface area contributed by atoms with E-state index in [9.17, 15) is 9.59 Å². The Hall–Kier alpha value is -2.08. The van der Waals surface area contributed by atoms with Gasteiger partial charge >= 0.3 is 12.0 Å². The van der Waals surface area contributed by atoms with Crippen molar-refractivity contribution in [3.05, 3.63) is 35.4 Å². The van der Waals surface area contributed by atoms with Crippen molar-refractivity contribution in [1.29, 1.82) is 0 Å². The number of rotatable bonds is 5. The summed E-state index contributed by atoms with van der Waals surface area (Å²) >= 11 is 0. The number of amides is 2. The van der Waals surface area contributed by atoms with Crippen molar-refractivity contribution in [3.8, 4) is 0 Å². The second-order valence-electron chi connectivity index (χ2n) is 5.27. The number of aromatic carboxylic acids is 1. The number of nitrogens with one attached hydrogen (secondary N) is 1. The molecule has 0 bridgehead atoms. The normalized spacial score (nSPS) is 17.5. The second kappa shape index (κ2) is 7.08. The first-order chi connectivity index (χ1) is 10.1. The largest absolute Gasteiger partial charge is 0.478 e. The zero-order valence-electron chi connectivity index (χ0n) is 12.0. The van der Waals surface area contributed by atoms with Crippen LogP contribution in [0.1, 0.15) is 22.3 Å². The Morgan fingerprint density at radius 1 is 1.38 bits per heavy atom. The Morgan fingerprint density at radius 3 is 2.67 bits per heavy atom. The highest BCUT2D eigenvalue weighted by atomic mass is 16.5. The van der Waals surface area contributed by atoms with Crippen LogP contribution in [0.5, 0.6) is 0 Å². The fourth-order valence-corrected chi connectivity index (χ4v) is 2.21. The number of carboxylic acids is 1. The fraction of sp³-hybridized carbons (Fsp3) is 0.467. The van der Waals surface area contributed by atoms with Crippen molar-refractivity contribution in [3.63, 3.8) is 0 Å². The molecule has 0 radical (unpaired) electrons. The zero-order chi connectivity index (χ0) is 15.2. The van der Waals surface area contributed by atoms with Gasteiger partial charge in [-0.05, 0) is 24.1 Å². The third-order valence-corrected chi connectivity index (χ3v) is 3.53. The molecular formula is C15H20N2O4. The minimum absolute atomic E-state index is 0.135. The van der Waals surface area contributed by atoms with Gasteiger partial charge in [0, 0.05) is 32.7 Å². The van der Waals surface area contributed by atoms with Gasteiger partial charge in [0.1, 0.15) is 0 Å². The molecule has 1 unspecified atom stereocenters. The molecule has 2 N–H and O–H groups in total. The predicted molar refractivity (Wildman–Crippen MR) is 77.2 cm³/mol. The average Bonchev–Trinajstić information content (AvgIpc) is 2.98. The number of hydrogen-bond acceptors (Lipinski definition) is 3. The lowest BCUT2D eigenvalue weighted by Crippen LogP contribution is -2.39. The standard InChI is InChI=1S/C15H20N2O4/c1-17(15(20)16-8-12-6-7-21-10-12)9-11-2-4-13(5-3-11)14(18)19/h2-5,12H,6-10H2,1H3,(H,16,20)(H,18,19). The van der Waals surface area contributed by atoms with Gasteiger partial charge in [-0.2, -0.15) is 0 Å². The first kappa shape index (κ1) is 15.3. The first-order valence-corrected chi connectivity index (χ1v) is 6.95. The Balaban J connectivity index is 1.80. The summed E-state index contributed by atoms with van der Waals surface area (Å²) in [7, 11) is 1.71. The van der Waals surface area contributed by atoms with Crippen LogP contribution in [0.15, 0.2) is 24.3 Å². The summed E-state index contributed by atoms with van der Waals surface area (Å²) < 4.78 is 5.26. The Kier molecular flexibility index (Phi) is 5.16. The van der Waals surface area contributed by atoms with E-state index < -0.39 is 5.97 Å². The number of carboxylic acid groups (broad SMARTS) is 1. The lowest BCUT2D eigenvalue weighted by Gasteiger charge is -2.19. The SMILES string of the molecule is CN(Cc1ccc(C(=O)O)cc1)C(=O)NCC1CCOC1. The van der Waals surface area contributed by atoms with Crippen molar-refractivity contribution in [2.45, 2.75) is 13.0 Å². The van der Waals surface area contributed by atoms with Crippen LogP contribution in [-0.4, -0.2) is 48.8 Å². The van der Waals surface area contributed by atoms with Crippen LogP contribution in [0.4, 0.5) is 4.79 Å². The smallest absolute Gasteiger partial charge is 0.335 e. The lowest BCUT2D eigenvalue weighted by molar-refractivity contribution is 0.0697. The van der Waals surface area contributed by atoms with E-state index >= 15 is 0 Å². The van der Waals surface area contributed by atoms with Gasteiger partial charge in [0.25, 0.3) is 0 Å². The molecule has 2 amide bonds. The molecule has 1 aromatic carbocycles. The molecule has 1 atom stereocenters. The number of benzene rings is 1. The van der Waals surface area contributed by atoms with Crippen molar-refractivity contribution >= 4 is 12.0 Å². The summed E-state index contributed by atoms with van der Waals surface area (Å²) in [5.74, 6) is -0.552. The van der Waals surface area contributed by atoms with Gasteiger partial charge in [0.15, 0.2) is 0 Å². The van der Waals surface area contributed by atoms with Crippen LogP contribution in [0.2, 0.25) is 0 Å². The summed E-state index contributed by atoms with van der Waals surface area (Å²) in [4.78, 5) is 24.3. The van der Waals surface area contributed by atoms with Crippen molar-refractivity contribution in [2.24, 2.45) is 5.92 Å². The molecule has 1 aromatic rings. The molecule has 1 saturated heterocycles. The van der Waals surface area contributed by atoms with Crippen molar-refractivity contribution < 1.29 is 19.4 Å². The molecule has 1 fully saturated rings. The average molecular weight is 292 g/mol. The highest BCUT2D eigenvalue weighted by molar-refractivity contribution is 5.87. The summed E-state index contributed by atoms with van der Waals surface area (Å²) in [6.07, 6.45) is 0.987. The van der Waals surface area contributed by atoms with E-state index in [-0.39, 0.29) is 11.6 Å². The highest BCUT2D eigenvalue weighted by Crippen LogP contribution is 2.11. The van der Waals surface area contributed by atoms with Gasteiger partial charge in [0.2, 0.25) is 0 Å². The number of carbonyl (C=O) groups is 2. The number of hydrogen-bond donors (Lipinski definition) is 2. The van der Waals surface area contributed by atoms with Crippen molar-refractivity contribution in [1.82, 2.24) is 10.2 Å². The molecule has 0 aliphatic carbocycles. The summed E-state index contributed by atoms with van der Waals surface area (Å²) in [6, 6.07) is 6.39. The molecular weight excluding hydrogens is 272 g/mol. The molecule has 0 spiro atoms. The number of nitrogens with zero attached hydrogens (tertiary/aromatic N) is 1. The van der Waals surface area contributed by atoms with Gasteiger partial charge in [-0.15, -0.1) is 0 Å². The molecule has 6 nitrogen and oxygen atoms in total. The maximum Gasteiger partial charge on any atom is 0.335 e. The van der Waals surface area contributed by atoms with E-state index in [0.717, 1.165) is 18.6 Å².